The highest BCUT2D eigenvalue weighted by Gasteiger charge is 2.34. The maximum absolute atomic E-state index is 5.57. The lowest BCUT2D eigenvalue weighted by atomic mass is 9.88. The van der Waals surface area contributed by atoms with E-state index in [0.717, 1.165) is 43.8 Å². The van der Waals surface area contributed by atoms with E-state index < -0.39 is 0 Å². The highest BCUT2D eigenvalue weighted by Crippen LogP contribution is 2.45. The third-order valence-electron chi connectivity index (χ3n) is 5.33. The Morgan fingerprint density at radius 2 is 1.55 bits per heavy atom. The first-order chi connectivity index (χ1) is 9.92. The largest absolute Gasteiger partial charge is 0.353 e. The molecule has 0 amide bonds. The van der Waals surface area contributed by atoms with Crippen LogP contribution in [0.3, 0.4) is 0 Å². The lowest BCUT2D eigenvalue weighted by molar-refractivity contribution is -0.181. The van der Waals surface area contributed by atoms with Crippen molar-refractivity contribution in [3.8, 4) is 0 Å². The zero-order valence-corrected chi connectivity index (χ0v) is 12.8. The minimum atomic E-state index is 0.101. The van der Waals surface area contributed by atoms with Gasteiger partial charge in [0.25, 0.3) is 0 Å². The molecule has 2 aliphatic carbocycles. The van der Waals surface area contributed by atoms with E-state index >= 15 is 0 Å². The molecule has 0 radical (unpaired) electrons. The number of allylic oxidation sites excluding steroid dienone is 2. The van der Waals surface area contributed by atoms with E-state index in [-0.39, 0.29) is 6.29 Å². The van der Waals surface area contributed by atoms with Crippen molar-refractivity contribution in [3.05, 3.63) is 12.2 Å². The molecule has 2 heteroatoms. The summed E-state index contributed by atoms with van der Waals surface area (Å²) in [5.74, 6) is 2.91. The van der Waals surface area contributed by atoms with Gasteiger partial charge in [0, 0.05) is 0 Å². The molecular formula is C18H30O2. The first kappa shape index (κ1) is 14.6. The summed E-state index contributed by atoms with van der Waals surface area (Å²) >= 11 is 0. The molecule has 3 aliphatic rings. The topological polar surface area (TPSA) is 18.5 Å². The van der Waals surface area contributed by atoms with Crippen LogP contribution in [-0.4, -0.2) is 19.5 Å². The molecule has 20 heavy (non-hydrogen) atoms. The van der Waals surface area contributed by atoms with Crippen LogP contribution in [-0.2, 0) is 9.47 Å². The van der Waals surface area contributed by atoms with Crippen molar-refractivity contribution < 1.29 is 9.47 Å². The number of fused-ring (bicyclic) bond motifs is 2. The normalized spacial score (nSPS) is 33.1. The average molecular weight is 278 g/mol. The Labute approximate surface area is 123 Å². The Morgan fingerprint density at radius 3 is 2.25 bits per heavy atom. The summed E-state index contributed by atoms with van der Waals surface area (Å²) < 4.78 is 11.1. The lowest BCUT2D eigenvalue weighted by Crippen LogP contribution is -2.24. The van der Waals surface area contributed by atoms with Gasteiger partial charge in [-0.15, -0.1) is 0 Å². The van der Waals surface area contributed by atoms with Gasteiger partial charge < -0.3 is 9.47 Å². The number of rotatable bonds is 8. The summed E-state index contributed by atoms with van der Waals surface area (Å²) in [6, 6.07) is 0. The first-order valence-electron chi connectivity index (χ1n) is 8.83. The molecular weight excluding hydrogens is 248 g/mol. The molecule has 0 aromatic heterocycles. The van der Waals surface area contributed by atoms with E-state index in [1.165, 1.54) is 51.4 Å². The van der Waals surface area contributed by atoms with Crippen molar-refractivity contribution in [2.24, 2.45) is 17.8 Å². The summed E-state index contributed by atoms with van der Waals surface area (Å²) in [5, 5.41) is 0. The van der Waals surface area contributed by atoms with E-state index in [1.54, 1.807) is 0 Å². The predicted molar refractivity (Wildman–Crippen MR) is 81.5 cm³/mol. The zero-order valence-electron chi connectivity index (χ0n) is 12.8. The lowest BCUT2D eigenvalue weighted by Gasteiger charge is -2.23. The van der Waals surface area contributed by atoms with Gasteiger partial charge in [-0.3, -0.25) is 0 Å². The van der Waals surface area contributed by atoms with Crippen LogP contribution in [0.25, 0.3) is 0 Å². The molecule has 3 rings (SSSR count). The molecule has 1 saturated heterocycles. The minimum Gasteiger partial charge on any atom is -0.353 e. The molecule has 2 bridgehead atoms. The van der Waals surface area contributed by atoms with Crippen LogP contribution in [0, 0.1) is 17.8 Å². The maximum Gasteiger partial charge on any atom is 0.157 e. The van der Waals surface area contributed by atoms with E-state index in [1.807, 2.05) is 0 Å². The second-order valence-corrected chi connectivity index (χ2v) is 6.91. The van der Waals surface area contributed by atoms with Crippen LogP contribution in [0.15, 0.2) is 12.2 Å². The SMILES string of the molecule is C1=CC2CC1CC2CCCCCCCC1OCCCO1. The number of hydrogen-bond donors (Lipinski definition) is 0. The minimum absolute atomic E-state index is 0.101. The highest BCUT2D eigenvalue weighted by atomic mass is 16.7. The molecule has 0 N–H and O–H groups in total. The Kier molecular flexibility index (Phi) is 5.55. The first-order valence-corrected chi connectivity index (χ1v) is 8.83. The standard InChI is InChI=1S/C18H30O2/c1(3-5-8-18-19-11-6-12-20-18)2-4-7-16-13-15-9-10-17(16)14-15/h9-10,15-18H,1-8,11-14H2. The van der Waals surface area contributed by atoms with E-state index in [2.05, 4.69) is 12.2 Å². The molecule has 114 valence electrons. The Balaban J connectivity index is 1.15. The fraction of sp³-hybridized carbons (Fsp3) is 0.889. The van der Waals surface area contributed by atoms with Gasteiger partial charge >= 0.3 is 0 Å². The maximum atomic E-state index is 5.57. The molecule has 3 unspecified atom stereocenters. The third-order valence-corrected chi connectivity index (χ3v) is 5.33. The van der Waals surface area contributed by atoms with E-state index in [0.29, 0.717) is 0 Å². The highest BCUT2D eigenvalue weighted by molar-refractivity contribution is 5.09. The summed E-state index contributed by atoms with van der Waals surface area (Å²) in [6.07, 6.45) is 18.5. The van der Waals surface area contributed by atoms with Crippen LogP contribution >= 0.6 is 0 Å². The number of ether oxygens (including phenoxy) is 2. The van der Waals surface area contributed by atoms with Gasteiger partial charge in [-0.1, -0.05) is 37.8 Å². The molecule has 0 spiro atoms. The summed E-state index contributed by atoms with van der Waals surface area (Å²) in [4.78, 5) is 0. The summed E-state index contributed by atoms with van der Waals surface area (Å²) in [7, 11) is 0. The number of unbranched alkanes of at least 4 members (excludes halogenated alkanes) is 4. The summed E-state index contributed by atoms with van der Waals surface area (Å²) in [5.41, 5.74) is 0. The van der Waals surface area contributed by atoms with Crippen LogP contribution in [0.5, 0.6) is 0 Å². The van der Waals surface area contributed by atoms with Crippen LogP contribution < -0.4 is 0 Å². The Hall–Kier alpha value is -0.340. The molecule has 2 nitrogen and oxygen atoms in total. The van der Waals surface area contributed by atoms with Crippen molar-refractivity contribution in [3.63, 3.8) is 0 Å². The monoisotopic (exact) mass is 278 g/mol. The molecule has 1 aliphatic heterocycles. The van der Waals surface area contributed by atoms with Gasteiger partial charge in [-0.25, -0.2) is 0 Å². The Bertz CT molecular complexity index is 307. The second-order valence-electron chi connectivity index (χ2n) is 6.91. The van der Waals surface area contributed by atoms with Crippen molar-refractivity contribution in [2.75, 3.05) is 13.2 Å². The zero-order chi connectivity index (χ0) is 13.6. The second kappa shape index (κ2) is 7.61. The quantitative estimate of drug-likeness (QED) is 0.473. The van der Waals surface area contributed by atoms with Crippen molar-refractivity contribution >= 4 is 0 Å². The van der Waals surface area contributed by atoms with Crippen LogP contribution in [0.2, 0.25) is 0 Å². The fourth-order valence-corrected chi connectivity index (χ4v) is 4.18. The molecule has 1 heterocycles. The van der Waals surface area contributed by atoms with Gasteiger partial charge in [-0.2, -0.15) is 0 Å². The molecule has 1 saturated carbocycles. The molecule has 2 fully saturated rings. The predicted octanol–water partition coefficient (Wildman–Crippen LogP) is 4.69. The molecule has 3 atom stereocenters. The molecule has 0 aromatic carbocycles. The Morgan fingerprint density at radius 1 is 0.800 bits per heavy atom. The van der Waals surface area contributed by atoms with Gasteiger partial charge in [-0.05, 0) is 56.3 Å². The van der Waals surface area contributed by atoms with E-state index in [9.17, 15) is 0 Å². The molecule has 0 aromatic rings. The third kappa shape index (κ3) is 4.08. The van der Waals surface area contributed by atoms with E-state index in [4.69, 9.17) is 9.47 Å². The van der Waals surface area contributed by atoms with Gasteiger partial charge in [0.15, 0.2) is 6.29 Å². The van der Waals surface area contributed by atoms with Gasteiger partial charge in [0.2, 0.25) is 0 Å². The van der Waals surface area contributed by atoms with Gasteiger partial charge in [0.1, 0.15) is 0 Å². The average Bonchev–Trinajstić information content (AvgIpc) is 3.10. The van der Waals surface area contributed by atoms with Gasteiger partial charge in [0.05, 0.1) is 13.2 Å². The van der Waals surface area contributed by atoms with Crippen LogP contribution in [0.1, 0.15) is 64.2 Å². The van der Waals surface area contributed by atoms with Crippen LogP contribution in [0.4, 0.5) is 0 Å². The van der Waals surface area contributed by atoms with Crippen molar-refractivity contribution in [1.82, 2.24) is 0 Å². The summed E-state index contributed by atoms with van der Waals surface area (Å²) in [6.45, 7) is 1.78. The number of hydrogen-bond acceptors (Lipinski definition) is 2. The van der Waals surface area contributed by atoms with Crippen molar-refractivity contribution in [2.45, 2.75) is 70.5 Å². The van der Waals surface area contributed by atoms with Crippen molar-refractivity contribution in [1.29, 1.82) is 0 Å². The smallest absolute Gasteiger partial charge is 0.157 e. The fourth-order valence-electron chi connectivity index (χ4n) is 4.18.